The lowest BCUT2D eigenvalue weighted by atomic mass is 9.93. The minimum atomic E-state index is -0.646. The number of benzene rings is 1. The largest absolute Gasteiger partial charge is 0.507 e. The number of nitrogens with one attached hydrogen (secondary N) is 1. The molecule has 0 saturated carbocycles. The molecular weight excluding hydrogens is 268 g/mol. The van der Waals surface area contributed by atoms with Crippen molar-refractivity contribution < 1.29 is 5.11 Å². The molecule has 0 aliphatic rings. The quantitative estimate of drug-likeness (QED) is 0.732. The van der Waals surface area contributed by atoms with Crippen molar-refractivity contribution in [2.45, 2.75) is 13.8 Å². The molecule has 6 nitrogen and oxygen atoms in total. The Balaban J connectivity index is 2.97. The second kappa shape index (κ2) is 5.03. The van der Waals surface area contributed by atoms with Crippen LogP contribution in [0.3, 0.4) is 0 Å². The van der Waals surface area contributed by atoms with Gasteiger partial charge in [-0.15, -0.1) is 0 Å². The van der Waals surface area contributed by atoms with E-state index in [1.807, 2.05) is 6.07 Å². The summed E-state index contributed by atoms with van der Waals surface area (Å²) in [6.45, 7) is 3.39. The van der Waals surface area contributed by atoms with Gasteiger partial charge in [-0.3, -0.25) is 4.79 Å². The van der Waals surface area contributed by atoms with Gasteiger partial charge in [-0.25, -0.2) is 0 Å². The van der Waals surface area contributed by atoms with Crippen LogP contribution >= 0.6 is 0 Å². The van der Waals surface area contributed by atoms with Crippen molar-refractivity contribution >= 4 is 5.82 Å². The van der Waals surface area contributed by atoms with Gasteiger partial charge in [0.2, 0.25) is 0 Å². The molecule has 1 aromatic heterocycles. The van der Waals surface area contributed by atoms with Crippen LogP contribution in [0.4, 0.5) is 5.82 Å². The Kier molecular flexibility index (Phi) is 3.39. The van der Waals surface area contributed by atoms with Crippen LogP contribution in [0.2, 0.25) is 0 Å². The normalized spacial score (nSPS) is 9.90. The molecule has 0 atom stereocenters. The van der Waals surface area contributed by atoms with Crippen LogP contribution in [0.15, 0.2) is 16.9 Å². The van der Waals surface area contributed by atoms with Crippen LogP contribution in [0, 0.1) is 36.5 Å². The molecule has 0 unspecified atom stereocenters. The Morgan fingerprint density at radius 1 is 1.14 bits per heavy atom. The lowest BCUT2D eigenvalue weighted by molar-refractivity contribution is 0.467. The molecule has 0 saturated heterocycles. The van der Waals surface area contributed by atoms with Crippen molar-refractivity contribution in [3.63, 3.8) is 0 Å². The van der Waals surface area contributed by atoms with Gasteiger partial charge in [0.05, 0.1) is 0 Å². The fraction of sp³-hybridized carbons (Fsp3) is 0.133. The highest BCUT2D eigenvalue weighted by Crippen LogP contribution is 2.33. The molecular formula is C15H12N4O2. The zero-order chi connectivity index (χ0) is 15.7. The van der Waals surface area contributed by atoms with Crippen molar-refractivity contribution in [2.24, 2.45) is 0 Å². The molecule has 2 rings (SSSR count). The van der Waals surface area contributed by atoms with Gasteiger partial charge >= 0.3 is 0 Å². The summed E-state index contributed by atoms with van der Waals surface area (Å²) in [6.07, 6.45) is 0. The van der Waals surface area contributed by atoms with E-state index in [0.29, 0.717) is 16.7 Å². The number of phenols is 1. The average Bonchev–Trinajstić information content (AvgIpc) is 2.43. The van der Waals surface area contributed by atoms with Gasteiger partial charge in [-0.1, -0.05) is 0 Å². The number of aryl methyl sites for hydroxylation is 2. The molecule has 2 aromatic rings. The van der Waals surface area contributed by atoms with Crippen LogP contribution in [0.25, 0.3) is 11.1 Å². The number of aromatic amines is 1. The van der Waals surface area contributed by atoms with E-state index >= 15 is 0 Å². The number of nitriles is 2. The Labute approximate surface area is 120 Å². The molecule has 0 amide bonds. The van der Waals surface area contributed by atoms with Gasteiger partial charge in [-0.05, 0) is 42.7 Å². The molecule has 0 aliphatic heterocycles. The number of hydrogen-bond donors (Lipinski definition) is 3. The number of nitrogens with zero attached hydrogens (tertiary/aromatic N) is 2. The lowest BCUT2D eigenvalue weighted by Crippen LogP contribution is -2.16. The van der Waals surface area contributed by atoms with Gasteiger partial charge in [0, 0.05) is 5.56 Å². The molecule has 104 valence electrons. The summed E-state index contributed by atoms with van der Waals surface area (Å²) < 4.78 is 0. The summed E-state index contributed by atoms with van der Waals surface area (Å²) in [5.41, 5.74) is 6.72. The van der Waals surface area contributed by atoms with Crippen LogP contribution < -0.4 is 11.3 Å². The monoisotopic (exact) mass is 280 g/mol. The van der Waals surface area contributed by atoms with E-state index in [0.717, 1.165) is 0 Å². The smallest absolute Gasteiger partial charge is 0.268 e. The zero-order valence-corrected chi connectivity index (χ0v) is 11.5. The summed E-state index contributed by atoms with van der Waals surface area (Å²) in [4.78, 5) is 14.1. The van der Waals surface area contributed by atoms with E-state index in [9.17, 15) is 20.4 Å². The second-order valence-corrected chi connectivity index (χ2v) is 4.68. The number of anilines is 1. The maximum absolute atomic E-state index is 11.9. The minimum absolute atomic E-state index is 0.0376. The predicted octanol–water partition coefficient (Wildman–Crippen LogP) is 1.69. The van der Waals surface area contributed by atoms with E-state index in [1.54, 1.807) is 32.0 Å². The third-order valence-corrected chi connectivity index (χ3v) is 3.25. The molecule has 21 heavy (non-hydrogen) atoms. The van der Waals surface area contributed by atoms with Crippen molar-refractivity contribution in [3.05, 3.63) is 44.7 Å². The number of pyridine rings is 1. The second-order valence-electron chi connectivity index (χ2n) is 4.68. The number of aromatic hydroxyl groups is 1. The SMILES string of the molecule is Cc1cc(-c2c(C#N)c(N)[nH]c(=O)c2C#N)cc(C)c1O. The Hall–Kier alpha value is -3.25. The number of rotatable bonds is 1. The number of aromatic nitrogens is 1. The van der Waals surface area contributed by atoms with Gasteiger partial charge in [-0.2, -0.15) is 10.5 Å². The first-order valence-electron chi connectivity index (χ1n) is 6.07. The van der Waals surface area contributed by atoms with Crippen molar-refractivity contribution in [1.29, 1.82) is 10.5 Å². The molecule has 0 bridgehead atoms. The summed E-state index contributed by atoms with van der Waals surface area (Å²) >= 11 is 0. The van der Waals surface area contributed by atoms with Crippen LogP contribution in [0.1, 0.15) is 22.3 Å². The minimum Gasteiger partial charge on any atom is -0.507 e. The van der Waals surface area contributed by atoms with Gasteiger partial charge in [0.1, 0.15) is 34.8 Å². The predicted molar refractivity (Wildman–Crippen MR) is 77.5 cm³/mol. The van der Waals surface area contributed by atoms with Crippen molar-refractivity contribution in [1.82, 2.24) is 4.98 Å². The highest BCUT2D eigenvalue weighted by Gasteiger charge is 2.19. The first-order valence-corrected chi connectivity index (χ1v) is 6.07. The fourth-order valence-electron chi connectivity index (χ4n) is 2.23. The number of nitrogen functional groups attached to an aromatic ring is 1. The highest BCUT2D eigenvalue weighted by atomic mass is 16.3. The topological polar surface area (TPSA) is 127 Å². The third-order valence-electron chi connectivity index (χ3n) is 3.25. The third kappa shape index (κ3) is 2.19. The molecule has 1 heterocycles. The zero-order valence-electron chi connectivity index (χ0n) is 11.5. The molecule has 4 N–H and O–H groups in total. The van der Waals surface area contributed by atoms with Crippen molar-refractivity contribution in [3.8, 4) is 29.0 Å². The molecule has 0 spiro atoms. The van der Waals surface area contributed by atoms with Gasteiger partial charge in [0.25, 0.3) is 5.56 Å². The summed E-state index contributed by atoms with van der Waals surface area (Å²) in [6, 6.07) is 6.93. The maximum atomic E-state index is 11.9. The molecule has 0 fully saturated rings. The Morgan fingerprint density at radius 2 is 1.67 bits per heavy atom. The van der Waals surface area contributed by atoms with Crippen LogP contribution in [-0.2, 0) is 0 Å². The fourth-order valence-corrected chi connectivity index (χ4v) is 2.23. The average molecular weight is 280 g/mol. The standard InChI is InChI=1S/C15H12N4O2/c1-7-3-9(4-8(2)13(7)20)12-10(5-16)14(18)19-15(21)11(12)6-17/h3-4,20H,1-2H3,(H3,18,19,21). The van der Waals surface area contributed by atoms with E-state index in [4.69, 9.17) is 5.73 Å². The highest BCUT2D eigenvalue weighted by molar-refractivity contribution is 5.81. The van der Waals surface area contributed by atoms with Gasteiger partial charge < -0.3 is 15.8 Å². The summed E-state index contributed by atoms with van der Waals surface area (Å²) in [7, 11) is 0. The maximum Gasteiger partial charge on any atom is 0.268 e. The number of nitrogens with two attached hydrogens (primary N) is 1. The first-order chi connectivity index (χ1) is 9.90. The molecule has 0 radical (unpaired) electrons. The molecule has 6 heteroatoms. The van der Waals surface area contributed by atoms with Crippen LogP contribution in [0.5, 0.6) is 5.75 Å². The van der Waals surface area contributed by atoms with E-state index < -0.39 is 5.56 Å². The molecule has 0 aliphatic carbocycles. The van der Waals surface area contributed by atoms with E-state index in [-0.39, 0.29) is 28.3 Å². The van der Waals surface area contributed by atoms with E-state index in [2.05, 4.69) is 4.98 Å². The van der Waals surface area contributed by atoms with Gasteiger partial charge in [0.15, 0.2) is 0 Å². The number of H-pyrrole nitrogens is 1. The Bertz CT molecular complexity index is 859. The summed E-state index contributed by atoms with van der Waals surface area (Å²) in [5.74, 6) is 0.0495. The number of phenolic OH excluding ortho intramolecular Hbond substituents is 1. The lowest BCUT2D eigenvalue weighted by Gasteiger charge is -2.11. The summed E-state index contributed by atoms with van der Waals surface area (Å²) in [5, 5.41) is 28.3. The first kappa shape index (κ1) is 14.2. The number of hydrogen-bond acceptors (Lipinski definition) is 5. The van der Waals surface area contributed by atoms with Crippen LogP contribution in [-0.4, -0.2) is 10.1 Å². The van der Waals surface area contributed by atoms with E-state index in [1.165, 1.54) is 0 Å². The molecule has 1 aromatic carbocycles. The van der Waals surface area contributed by atoms with Crippen molar-refractivity contribution in [2.75, 3.05) is 5.73 Å². The Morgan fingerprint density at radius 3 is 2.14 bits per heavy atom.